The van der Waals surface area contributed by atoms with E-state index in [1.165, 1.54) is 0 Å². The lowest BCUT2D eigenvalue weighted by Gasteiger charge is -2.26. The second-order valence-electron chi connectivity index (χ2n) is 6.40. The van der Waals surface area contributed by atoms with Crippen LogP contribution in [0.25, 0.3) is 33.0 Å². The SMILES string of the molecule is CN1CC(=Cc2ccc(N=[N+]=[N-])cc2)C(=O)C(=Cc2ccc(N=[N+]=[N-])cc2)C1. The fraction of sp³-hybridized carbons (Fsp3) is 0.150. The second-order valence-corrected chi connectivity index (χ2v) is 6.40. The van der Waals surface area contributed by atoms with Gasteiger partial charge in [0.15, 0.2) is 5.78 Å². The molecule has 8 nitrogen and oxygen atoms in total. The normalized spacial score (nSPS) is 17.2. The third-order valence-electron chi connectivity index (χ3n) is 4.25. The lowest BCUT2D eigenvalue weighted by atomic mass is 9.94. The predicted octanol–water partition coefficient (Wildman–Crippen LogP) is 5.55. The number of carbonyl (C=O) groups excluding carboxylic acids is 1. The number of benzene rings is 2. The fourth-order valence-electron chi connectivity index (χ4n) is 2.99. The summed E-state index contributed by atoms with van der Waals surface area (Å²) in [7, 11) is 1.96. The van der Waals surface area contributed by atoms with E-state index in [4.69, 9.17) is 11.1 Å². The molecule has 138 valence electrons. The van der Waals surface area contributed by atoms with Crippen molar-refractivity contribution in [2.75, 3.05) is 20.1 Å². The van der Waals surface area contributed by atoms with E-state index in [9.17, 15) is 4.79 Å². The van der Waals surface area contributed by atoms with Crippen LogP contribution in [0, 0.1) is 0 Å². The number of piperidine rings is 1. The monoisotopic (exact) mass is 371 g/mol. The van der Waals surface area contributed by atoms with Crippen molar-refractivity contribution in [3.05, 3.63) is 91.7 Å². The summed E-state index contributed by atoms with van der Waals surface area (Å²) in [6.07, 6.45) is 3.72. The van der Waals surface area contributed by atoms with Crippen LogP contribution in [-0.2, 0) is 4.79 Å². The van der Waals surface area contributed by atoms with Gasteiger partial charge in [-0.25, -0.2) is 0 Å². The molecule has 0 radical (unpaired) electrons. The molecule has 0 unspecified atom stereocenters. The number of rotatable bonds is 4. The number of ketones is 1. The molecule has 0 amide bonds. The summed E-state index contributed by atoms with van der Waals surface area (Å²) >= 11 is 0. The molecule has 8 heteroatoms. The zero-order valence-corrected chi connectivity index (χ0v) is 15.2. The first-order valence-corrected chi connectivity index (χ1v) is 8.54. The smallest absolute Gasteiger partial charge is 0.187 e. The van der Waals surface area contributed by atoms with Gasteiger partial charge in [-0.1, -0.05) is 58.8 Å². The lowest BCUT2D eigenvalue weighted by Crippen LogP contribution is -2.34. The van der Waals surface area contributed by atoms with E-state index in [0.29, 0.717) is 35.6 Å². The van der Waals surface area contributed by atoms with Crippen LogP contribution in [0.15, 0.2) is 69.9 Å². The average molecular weight is 371 g/mol. The van der Waals surface area contributed by atoms with Gasteiger partial charge in [0.05, 0.1) is 0 Å². The van der Waals surface area contributed by atoms with Gasteiger partial charge in [-0.2, -0.15) is 0 Å². The quantitative estimate of drug-likeness (QED) is 0.303. The van der Waals surface area contributed by atoms with Gasteiger partial charge in [0.25, 0.3) is 0 Å². The maximum atomic E-state index is 12.9. The van der Waals surface area contributed by atoms with Gasteiger partial charge in [-0.05, 0) is 41.4 Å². The van der Waals surface area contributed by atoms with Crippen LogP contribution in [0.2, 0.25) is 0 Å². The Morgan fingerprint density at radius 2 is 1.21 bits per heavy atom. The van der Waals surface area contributed by atoms with E-state index in [0.717, 1.165) is 11.1 Å². The maximum absolute atomic E-state index is 12.9. The minimum atomic E-state index is 0.0105. The molecule has 0 aliphatic carbocycles. The van der Waals surface area contributed by atoms with Crippen molar-refractivity contribution in [3.63, 3.8) is 0 Å². The molecule has 1 fully saturated rings. The Morgan fingerprint density at radius 1 is 0.821 bits per heavy atom. The zero-order valence-electron chi connectivity index (χ0n) is 15.2. The van der Waals surface area contributed by atoms with Crippen molar-refractivity contribution in [3.8, 4) is 0 Å². The molecule has 0 N–H and O–H groups in total. The zero-order chi connectivity index (χ0) is 19.9. The summed E-state index contributed by atoms with van der Waals surface area (Å²) < 4.78 is 0. The second kappa shape index (κ2) is 8.70. The van der Waals surface area contributed by atoms with Crippen molar-refractivity contribution < 1.29 is 4.79 Å². The standard InChI is InChI=1S/C20H17N7O/c1-27-12-16(10-14-2-6-18(7-3-14)23-25-21)20(28)17(13-27)11-15-4-8-19(9-5-15)24-26-22/h2-11H,12-13H2,1H3. The summed E-state index contributed by atoms with van der Waals surface area (Å²) in [5.74, 6) is 0.0105. The molecule has 2 aromatic carbocycles. The maximum Gasteiger partial charge on any atom is 0.187 e. The number of likely N-dealkylation sites (tertiary alicyclic amines) is 1. The fourth-order valence-corrected chi connectivity index (χ4v) is 2.99. The first-order valence-electron chi connectivity index (χ1n) is 8.54. The molecule has 1 aliphatic rings. The Hall–Kier alpha value is -3.83. The lowest BCUT2D eigenvalue weighted by molar-refractivity contribution is -0.113. The summed E-state index contributed by atoms with van der Waals surface area (Å²) in [6, 6.07) is 14.1. The van der Waals surface area contributed by atoms with Gasteiger partial charge in [-0.15, -0.1) is 0 Å². The number of carbonyl (C=O) groups is 1. The molecule has 28 heavy (non-hydrogen) atoms. The number of Topliss-reactive ketones (excluding diaryl/α,β-unsaturated/α-hetero) is 1. The number of nitrogens with zero attached hydrogens (tertiary/aromatic N) is 7. The minimum Gasteiger partial charge on any atom is -0.298 e. The molecule has 3 rings (SSSR count). The van der Waals surface area contributed by atoms with Crippen LogP contribution < -0.4 is 0 Å². The van der Waals surface area contributed by atoms with Crippen LogP contribution in [0.5, 0.6) is 0 Å². The number of likely N-dealkylation sites (N-methyl/N-ethyl adjacent to an activating group) is 1. The Bertz CT molecular complexity index is 955. The van der Waals surface area contributed by atoms with E-state index in [1.54, 1.807) is 24.3 Å². The Balaban J connectivity index is 1.87. The van der Waals surface area contributed by atoms with Gasteiger partial charge in [0, 0.05) is 45.4 Å². The van der Waals surface area contributed by atoms with Gasteiger partial charge in [-0.3, -0.25) is 9.69 Å². The van der Waals surface area contributed by atoms with Crippen LogP contribution in [0.3, 0.4) is 0 Å². The highest BCUT2D eigenvalue weighted by atomic mass is 16.1. The van der Waals surface area contributed by atoms with Crippen LogP contribution in [0.4, 0.5) is 11.4 Å². The van der Waals surface area contributed by atoms with Gasteiger partial charge in [0.1, 0.15) is 0 Å². The molecule has 0 atom stereocenters. The molecular weight excluding hydrogens is 354 g/mol. The molecule has 0 saturated carbocycles. The summed E-state index contributed by atoms with van der Waals surface area (Å²) in [5, 5.41) is 7.09. The molecule has 0 bridgehead atoms. The Labute approximate surface area is 161 Å². The summed E-state index contributed by atoms with van der Waals surface area (Å²) in [4.78, 5) is 20.5. The number of azide groups is 2. The molecular formula is C20H17N7O. The summed E-state index contributed by atoms with van der Waals surface area (Å²) in [6.45, 7) is 1.12. The van der Waals surface area contributed by atoms with Gasteiger partial charge in [0.2, 0.25) is 0 Å². The van der Waals surface area contributed by atoms with Gasteiger partial charge < -0.3 is 0 Å². The van der Waals surface area contributed by atoms with Crippen molar-refractivity contribution in [1.29, 1.82) is 0 Å². The average Bonchev–Trinajstić information content (AvgIpc) is 2.69. The molecule has 0 spiro atoms. The minimum absolute atomic E-state index is 0.0105. The Morgan fingerprint density at radius 3 is 1.57 bits per heavy atom. The highest BCUT2D eigenvalue weighted by molar-refractivity contribution is 6.14. The number of hydrogen-bond acceptors (Lipinski definition) is 4. The highest BCUT2D eigenvalue weighted by Gasteiger charge is 2.23. The van der Waals surface area contributed by atoms with Gasteiger partial charge >= 0.3 is 0 Å². The largest absolute Gasteiger partial charge is 0.298 e. The van der Waals surface area contributed by atoms with Crippen molar-refractivity contribution in [2.45, 2.75) is 0 Å². The summed E-state index contributed by atoms with van der Waals surface area (Å²) in [5.41, 5.74) is 21.1. The molecule has 2 aromatic rings. The van der Waals surface area contributed by atoms with Crippen LogP contribution in [0.1, 0.15) is 11.1 Å². The predicted molar refractivity (Wildman–Crippen MR) is 109 cm³/mol. The van der Waals surface area contributed by atoms with Crippen molar-refractivity contribution in [2.24, 2.45) is 10.2 Å². The molecule has 1 saturated heterocycles. The first kappa shape index (κ1) is 18.9. The number of hydrogen-bond donors (Lipinski definition) is 0. The van der Waals surface area contributed by atoms with Crippen LogP contribution >= 0.6 is 0 Å². The Kier molecular flexibility index (Phi) is 5.89. The highest BCUT2D eigenvalue weighted by Crippen LogP contribution is 2.23. The van der Waals surface area contributed by atoms with E-state index < -0.39 is 0 Å². The molecule has 1 heterocycles. The first-order chi connectivity index (χ1) is 13.6. The van der Waals surface area contributed by atoms with E-state index in [2.05, 4.69) is 25.0 Å². The molecule has 0 aromatic heterocycles. The third kappa shape index (κ3) is 4.66. The van der Waals surface area contributed by atoms with E-state index in [-0.39, 0.29) is 5.78 Å². The van der Waals surface area contributed by atoms with E-state index >= 15 is 0 Å². The topological polar surface area (TPSA) is 118 Å². The van der Waals surface area contributed by atoms with Crippen molar-refractivity contribution >= 4 is 29.3 Å². The van der Waals surface area contributed by atoms with E-state index in [1.807, 2.05) is 43.5 Å². The molecule has 1 aliphatic heterocycles. The van der Waals surface area contributed by atoms with Crippen molar-refractivity contribution in [1.82, 2.24) is 4.90 Å². The van der Waals surface area contributed by atoms with Crippen LogP contribution in [-0.4, -0.2) is 30.8 Å². The third-order valence-corrected chi connectivity index (χ3v) is 4.25.